The Kier molecular flexibility index (Phi) is 3.47. The first-order chi connectivity index (χ1) is 10.5. The average Bonchev–Trinajstić information content (AvgIpc) is 3.01. The van der Waals surface area contributed by atoms with E-state index in [0.717, 1.165) is 16.2 Å². The zero-order valence-electron chi connectivity index (χ0n) is 12.0. The number of fused-ring (bicyclic) bond motifs is 1. The topological polar surface area (TPSA) is 125 Å². The van der Waals surface area contributed by atoms with E-state index in [-0.39, 0.29) is 5.01 Å². The molecule has 1 unspecified atom stereocenters. The van der Waals surface area contributed by atoms with Gasteiger partial charge in [0.15, 0.2) is 19.5 Å². The Balaban J connectivity index is 2.13. The summed E-state index contributed by atoms with van der Waals surface area (Å²) >= 11 is 4.16. The highest BCUT2D eigenvalue weighted by atomic mass is 79.9. The van der Waals surface area contributed by atoms with Crippen molar-refractivity contribution in [3.8, 4) is 0 Å². The van der Waals surface area contributed by atoms with E-state index >= 15 is 0 Å². The standard InChI is InChI=1S/C12H13BrN2O6S2/c1-11(2)5(8(17)18)15-9(19)12(13,10(15)23(11,20)21)6(16)7-14-3-4-22-7/h3-6,10,16H,1-2H3,(H,17,18)/t5-,6?,10+,12-/m0/s1. The molecule has 2 fully saturated rings. The van der Waals surface area contributed by atoms with E-state index in [4.69, 9.17) is 0 Å². The molecule has 2 N–H and O–H groups in total. The van der Waals surface area contributed by atoms with Crippen LogP contribution in [-0.2, 0) is 19.4 Å². The maximum Gasteiger partial charge on any atom is 0.328 e. The minimum absolute atomic E-state index is 0.182. The van der Waals surface area contributed by atoms with E-state index in [2.05, 4.69) is 20.9 Å². The van der Waals surface area contributed by atoms with Gasteiger partial charge in [0.2, 0.25) is 5.91 Å². The third-order valence-electron chi connectivity index (χ3n) is 4.46. The van der Waals surface area contributed by atoms with Gasteiger partial charge in [-0.1, -0.05) is 15.9 Å². The largest absolute Gasteiger partial charge is 0.480 e. The Labute approximate surface area is 144 Å². The summed E-state index contributed by atoms with van der Waals surface area (Å²) in [7, 11) is -4.04. The second-order valence-electron chi connectivity index (χ2n) is 5.99. The molecule has 3 rings (SSSR count). The number of aliphatic hydroxyl groups excluding tert-OH is 1. The van der Waals surface area contributed by atoms with Crippen LogP contribution in [0.1, 0.15) is 25.0 Å². The summed E-state index contributed by atoms with van der Waals surface area (Å²) < 4.78 is 22.1. The lowest BCUT2D eigenvalue weighted by molar-refractivity contribution is -0.165. The fraction of sp³-hybridized carbons (Fsp3) is 0.583. The number of aromatic nitrogens is 1. The van der Waals surface area contributed by atoms with Crippen LogP contribution in [0.15, 0.2) is 11.6 Å². The van der Waals surface area contributed by atoms with Gasteiger partial charge in [-0.05, 0) is 13.8 Å². The minimum Gasteiger partial charge on any atom is -0.480 e. The molecule has 0 aromatic carbocycles. The number of carboxylic acid groups (broad SMARTS) is 1. The number of thiazole rings is 1. The number of amides is 1. The normalized spacial score (nSPS) is 35.5. The van der Waals surface area contributed by atoms with Crippen LogP contribution in [0.4, 0.5) is 0 Å². The molecule has 2 aliphatic rings. The van der Waals surface area contributed by atoms with Crippen LogP contribution in [-0.4, -0.2) is 60.9 Å². The number of alkyl halides is 1. The lowest BCUT2D eigenvalue weighted by Crippen LogP contribution is -2.74. The van der Waals surface area contributed by atoms with Gasteiger partial charge in [0.05, 0.1) is 0 Å². The van der Waals surface area contributed by atoms with E-state index in [9.17, 15) is 28.2 Å². The number of β-lactam (4-membered cyclic amide) rings is 1. The predicted octanol–water partition coefficient (Wildman–Crippen LogP) is 0.139. The Morgan fingerprint density at radius 2 is 2.13 bits per heavy atom. The molecule has 2 aliphatic heterocycles. The van der Waals surface area contributed by atoms with Gasteiger partial charge in [-0.3, -0.25) is 4.79 Å². The van der Waals surface area contributed by atoms with E-state index in [1.165, 1.54) is 20.0 Å². The van der Waals surface area contributed by atoms with Gasteiger partial charge in [0.25, 0.3) is 0 Å². The number of carbonyl (C=O) groups is 2. The van der Waals surface area contributed by atoms with Gasteiger partial charge < -0.3 is 15.1 Å². The number of carboxylic acids is 1. The molecule has 11 heteroatoms. The Morgan fingerprint density at radius 3 is 2.61 bits per heavy atom. The molecule has 126 valence electrons. The van der Waals surface area contributed by atoms with Gasteiger partial charge >= 0.3 is 5.97 Å². The van der Waals surface area contributed by atoms with Crippen molar-refractivity contribution >= 4 is 49.0 Å². The van der Waals surface area contributed by atoms with Crippen LogP contribution in [0.3, 0.4) is 0 Å². The molecule has 0 saturated carbocycles. The smallest absolute Gasteiger partial charge is 0.328 e. The molecule has 8 nitrogen and oxygen atoms in total. The van der Waals surface area contributed by atoms with Crippen LogP contribution in [0.25, 0.3) is 0 Å². The minimum atomic E-state index is -4.04. The molecule has 0 aliphatic carbocycles. The number of carbonyl (C=O) groups excluding carboxylic acids is 1. The lowest BCUT2D eigenvalue weighted by Gasteiger charge is -2.50. The fourth-order valence-electron chi connectivity index (χ4n) is 3.17. The predicted molar refractivity (Wildman–Crippen MR) is 83.8 cm³/mol. The molecule has 4 atom stereocenters. The highest BCUT2D eigenvalue weighted by Crippen LogP contribution is 2.58. The van der Waals surface area contributed by atoms with Crippen LogP contribution < -0.4 is 0 Å². The number of aliphatic hydroxyl groups is 1. The molecular formula is C12H13BrN2O6S2. The number of halogens is 1. The molecule has 2 saturated heterocycles. The van der Waals surface area contributed by atoms with Crippen molar-refractivity contribution in [3.05, 3.63) is 16.6 Å². The van der Waals surface area contributed by atoms with Crippen LogP contribution in [0.5, 0.6) is 0 Å². The van der Waals surface area contributed by atoms with Crippen LogP contribution in [0.2, 0.25) is 0 Å². The third kappa shape index (κ3) is 1.79. The second kappa shape index (κ2) is 4.74. The van der Waals surface area contributed by atoms with Gasteiger partial charge in [0, 0.05) is 11.6 Å². The van der Waals surface area contributed by atoms with E-state index < -0.39 is 48.3 Å². The first kappa shape index (κ1) is 16.8. The molecule has 0 radical (unpaired) electrons. The summed E-state index contributed by atoms with van der Waals surface area (Å²) in [5, 5.41) is 20.1. The molecule has 1 aromatic rings. The molecule has 3 heterocycles. The van der Waals surface area contributed by atoms with E-state index in [1.807, 2.05) is 0 Å². The zero-order chi connectivity index (χ0) is 17.4. The van der Waals surface area contributed by atoms with Crippen molar-refractivity contribution in [2.45, 2.75) is 40.4 Å². The zero-order valence-corrected chi connectivity index (χ0v) is 15.2. The van der Waals surface area contributed by atoms with E-state index in [1.54, 1.807) is 5.38 Å². The highest BCUT2D eigenvalue weighted by Gasteiger charge is 2.79. The number of hydrogen-bond donors (Lipinski definition) is 2. The first-order valence-corrected chi connectivity index (χ1v) is 9.76. The Morgan fingerprint density at radius 1 is 1.52 bits per heavy atom. The maximum absolute atomic E-state index is 12.8. The number of sulfone groups is 1. The Bertz CT molecular complexity index is 792. The fourth-order valence-corrected chi connectivity index (χ4v) is 7.70. The van der Waals surface area contributed by atoms with Gasteiger partial charge in [-0.2, -0.15) is 0 Å². The second-order valence-corrected chi connectivity index (χ2v) is 10.8. The van der Waals surface area contributed by atoms with Crippen molar-refractivity contribution in [2.24, 2.45) is 0 Å². The monoisotopic (exact) mass is 424 g/mol. The van der Waals surface area contributed by atoms with Gasteiger partial charge in [-0.15, -0.1) is 11.3 Å². The summed E-state index contributed by atoms with van der Waals surface area (Å²) in [6, 6.07) is -1.50. The molecule has 23 heavy (non-hydrogen) atoms. The quantitative estimate of drug-likeness (QED) is 0.521. The SMILES string of the molecule is CC1(C)[C@H](C(=O)O)N2C(=O)[C@@](Br)(C(O)c3nccs3)[C@H]2S1(=O)=O. The molecule has 0 spiro atoms. The van der Waals surface area contributed by atoms with Crippen molar-refractivity contribution in [1.82, 2.24) is 9.88 Å². The summed E-state index contributed by atoms with van der Waals surface area (Å²) in [6.45, 7) is 2.55. The molecule has 0 bridgehead atoms. The Hall–Kier alpha value is -1.04. The summed E-state index contributed by atoms with van der Waals surface area (Å²) in [6.07, 6.45) is -0.0671. The average molecular weight is 425 g/mol. The number of rotatable bonds is 3. The summed E-state index contributed by atoms with van der Waals surface area (Å²) in [5.41, 5.74) is 0. The summed E-state index contributed by atoms with van der Waals surface area (Å²) in [5.74, 6) is -2.17. The molecular weight excluding hydrogens is 412 g/mol. The molecule has 1 amide bonds. The lowest BCUT2D eigenvalue weighted by atomic mass is 9.87. The van der Waals surface area contributed by atoms with Crippen LogP contribution >= 0.6 is 27.3 Å². The van der Waals surface area contributed by atoms with Crippen LogP contribution in [0, 0.1) is 0 Å². The summed E-state index contributed by atoms with van der Waals surface area (Å²) in [4.78, 5) is 28.8. The number of aliphatic carboxylic acids is 1. The van der Waals surface area contributed by atoms with Crippen molar-refractivity contribution in [2.75, 3.05) is 0 Å². The number of hydrogen-bond acceptors (Lipinski definition) is 7. The third-order valence-corrected chi connectivity index (χ3v) is 9.67. The maximum atomic E-state index is 12.8. The van der Waals surface area contributed by atoms with Crippen molar-refractivity contribution in [3.63, 3.8) is 0 Å². The van der Waals surface area contributed by atoms with Crippen molar-refractivity contribution < 1.29 is 28.2 Å². The highest BCUT2D eigenvalue weighted by molar-refractivity contribution is 9.10. The van der Waals surface area contributed by atoms with Crippen molar-refractivity contribution in [1.29, 1.82) is 0 Å². The molecule has 1 aromatic heterocycles. The van der Waals surface area contributed by atoms with Gasteiger partial charge in [0.1, 0.15) is 21.9 Å². The first-order valence-electron chi connectivity index (χ1n) is 6.54. The van der Waals surface area contributed by atoms with E-state index in [0.29, 0.717) is 0 Å². The number of nitrogens with zero attached hydrogens (tertiary/aromatic N) is 2. The van der Waals surface area contributed by atoms with Gasteiger partial charge in [-0.25, -0.2) is 18.2 Å².